The summed E-state index contributed by atoms with van der Waals surface area (Å²) in [7, 11) is 0. The van der Waals surface area contributed by atoms with Crippen LogP contribution in [0.5, 0.6) is 0 Å². The molecule has 2 amide bonds. The van der Waals surface area contributed by atoms with Crippen LogP contribution in [-0.2, 0) is 22.6 Å². The molecule has 32 heavy (non-hydrogen) atoms. The zero-order valence-electron chi connectivity index (χ0n) is 19.0. The molecule has 0 radical (unpaired) electrons. The lowest BCUT2D eigenvalue weighted by Gasteiger charge is -2.30. The van der Waals surface area contributed by atoms with Crippen molar-refractivity contribution >= 4 is 12.0 Å². The number of hydrogen-bond acceptors (Lipinski definition) is 4. The zero-order valence-corrected chi connectivity index (χ0v) is 19.0. The molecule has 1 aliphatic heterocycles. The van der Waals surface area contributed by atoms with E-state index in [0.29, 0.717) is 13.0 Å². The third-order valence-corrected chi connectivity index (χ3v) is 5.93. The molecule has 1 heterocycles. The summed E-state index contributed by atoms with van der Waals surface area (Å²) in [5.41, 5.74) is 1.89. The quantitative estimate of drug-likeness (QED) is 0.555. The Hall–Kier alpha value is -2.86. The summed E-state index contributed by atoms with van der Waals surface area (Å²) in [6.45, 7) is 6.34. The maximum Gasteiger partial charge on any atom is 0.408 e. The van der Waals surface area contributed by atoms with Crippen LogP contribution in [0.15, 0.2) is 60.7 Å². The number of rotatable bonds is 10. The Morgan fingerprint density at radius 3 is 2.28 bits per heavy atom. The average Bonchev–Trinajstić information content (AvgIpc) is 2.82. The Kier molecular flexibility index (Phi) is 9.57. The van der Waals surface area contributed by atoms with Gasteiger partial charge in [0.25, 0.3) is 0 Å². The lowest BCUT2D eigenvalue weighted by molar-refractivity contribution is -0.123. The fraction of sp³-hybridized carbons (Fsp3) is 0.462. The van der Waals surface area contributed by atoms with Gasteiger partial charge < -0.3 is 20.3 Å². The van der Waals surface area contributed by atoms with Crippen LogP contribution in [0.2, 0.25) is 0 Å². The highest BCUT2D eigenvalue weighted by Gasteiger charge is 2.22. The van der Waals surface area contributed by atoms with E-state index in [1.54, 1.807) is 0 Å². The van der Waals surface area contributed by atoms with Crippen LogP contribution in [0.25, 0.3) is 0 Å². The van der Waals surface area contributed by atoms with Crippen molar-refractivity contribution in [1.29, 1.82) is 0 Å². The molecule has 1 unspecified atom stereocenters. The summed E-state index contributed by atoms with van der Waals surface area (Å²) in [6.07, 6.45) is 3.22. The van der Waals surface area contributed by atoms with E-state index in [2.05, 4.69) is 22.5 Å². The van der Waals surface area contributed by atoms with E-state index in [4.69, 9.17) is 4.74 Å². The third-order valence-electron chi connectivity index (χ3n) is 5.93. The number of likely N-dealkylation sites (tertiary alicyclic amines) is 1. The van der Waals surface area contributed by atoms with Crippen molar-refractivity contribution in [2.24, 2.45) is 5.92 Å². The monoisotopic (exact) mass is 437 g/mol. The number of hydrogen-bond donors (Lipinski definition) is 2. The molecule has 172 valence electrons. The van der Waals surface area contributed by atoms with Gasteiger partial charge in [-0.2, -0.15) is 0 Å². The molecule has 3 rings (SSSR count). The molecule has 0 aliphatic carbocycles. The number of carbonyl (C=O) groups excluding carboxylic acids is 2. The maximum absolute atomic E-state index is 12.9. The van der Waals surface area contributed by atoms with Gasteiger partial charge in [0.15, 0.2) is 0 Å². The predicted molar refractivity (Wildman–Crippen MR) is 126 cm³/mol. The van der Waals surface area contributed by atoms with Crippen LogP contribution in [-0.4, -0.2) is 49.1 Å². The summed E-state index contributed by atoms with van der Waals surface area (Å²) in [6, 6.07) is 18.5. The van der Waals surface area contributed by atoms with Crippen LogP contribution in [0, 0.1) is 5.92 Å². The second kappa shape index (κ2) is 12.9. The van der Waals surface area contributed by atoms with E-state index in [9.17, 15) is 9.59 Å². The molecule has 1 atom stereocenters. The third kappa shape index (κ3) is 8.35. The van der Waals surface area contributed by atoms with Crippen molar-refractivity contribution in [2.45, 2.75) is 45.3 Å². The van der Waals surface area contributed by atoms with Crippen LogP contribution in [0.3, 0.4) is 0 Å². The highest BCUT2D eigenvalue weighted by molar-refractivity contribution is 5.85. The molecular formula is C26H35N3O3. The molecule has 1 aliphatic rings. The number of piperidine rings is 1. The number of amides is 2. The topological polar surface area (TPSA) is 70.7 Å². The van der Waals surface area contributed by atoms with Crippen LogP contribution < -0.4 is 10.6 Å². The first-order chi connectivity index (χ1) is 15.6. The highest BCUT2D eigenvalue weighted by Crippen LogP contribution is 2.15. The lowest BCUT2D eigenvalue weighted by Crippen LogP contribution is -2.48. The smallest absolute Gasteiger partial charge is 0.408 e. The summed E-state index contributed by atoms with van der Waals surface area (Å²) in [4.78, 5) is 27.7. The maximum atomic E-state index is 12.9. The van der Waals surface area contributed by atoms with Crippen molar-refractivity contribution in [3.8, 4) is 0 Å². The average molecular weight is 438 g/mol. The summed E-state index contributed by atoms with van der Waals surface area (Å²) in [5.74, 6) is 0.634. The van der Waals surface area contributed by atoms with Crippen molar-refractivity contribution in [3.63, 3.8) is 0 Å². The second-order valence-corrected chi connectivity index (χ2v) is 8.62. The van der Waals surface area contributed by atoms with E-state index < -0.39 is 12.1 Å². The molecular weight excluding hydrogens is 402 g/mol. The first-order valence-electron chi connectivity index (χ1n) is 11.6. The normalized spacial score (nSPS) is 15.7. The van der Waals surface area contributed by atoms with Gasteiger partial charge in [0.1, 0.15) is 12.6 Å². The van der Waals surface area contributed by atoms with Crippen LogP contribution >= 0.6 is 0 Å². The molecule has 0 aromatic heterocycles. The first-order valence-corrected chi connectivity index (χ1v) is 11.6. The standard InChI is InChI=1S/C26H35N3O3/c1-21-13-17-29(18-14-21)16-8-15-27-25(30)24(19-22-9-4-2-5-10-22)28-26(31)32-20-23-11-6-3-7-12-23/h2-7,9-12,21,24H,8,13-20H2,1H3,(H,27,30)(H,28,31). The molecule has 1 saturated heterocycles. The summed E-state index contributed by atoms with van der Waals surface area (Å²) >= 11 is 0. The minimum Gasteiger partial charge on any atom is -0.445 e. The molecule has 6 nitrogen and oxygen atoms in total. The molecule has 2 aromatic carbocycles. The molecule has 1 fully saturated rings. The van der Waals surface area contributed by atoms with E-state index in [0.717, 1.165) is 43.1 Å². The van der Waals surface area contributed by atoms with Gasteiger partial charge in [0.2, 0.25) is 5.91 Å². The largest absolute Gasteiger partial charge is 0.445 e. The van der Waals surface area contributed by atoms with E-state index in [1.807, 2.05) is 60.7 Å². The van der Waals surface area contributed by atoms with Crippen molar-refractivity contribution in [3.05, 3.63) is 71.8 Å². The van der Waals surface area contributed by atoms with Crippen molar-refractivity contribution in [2.75, 3.05) is 26.2 Å². The molecule has 6 heteroatoms. The number of alkyl carbamates (subject to hydrolysis) is 1. The van der Waals surface area contributed by atoms with Gasteiger partial charge in [-0.15, -0.1) is 0 Å². The Morgan fingerprint density at radius 1 is 1.00 bits per heavy atom. The molecule has 2 aromatic rings. The summed E-state index contributed by atoms with van der Waals surface area (Å²) in [5, 5.41) is 5.74. The fourth-order valence-corrected chi connectivity index (χ4v) is 3.89. The number of ether oxygens (including phenoxy) is 1. The molecule has 2 N–H and O–H groups in total. The van der Waals surface area contributed by atoms with E-state index in [-0.39, 0.29) is 12.5 Å². The number of carbonyl (C=O) groups is 2. The molecule has 0 saturated carbocycles. The van der Waals surface area contributed by atoms with Crippen molar-refractivity contribution in [1.82, 2.24) is 15.5 Å². The Balaban J connectivity index is 1.47. The number of nitrogens with one attached hydrogen (secondary N) is 2. The predicted octanol–water partition coefficient (Wildman–Crippen LogP) is 3.76. The first kappa shape index (κ1) is 23.8. The minimum absolute atomic E-state index is 0.167. The number of nitrogens with zero attached hydrogens (tertiary/aromatic N) is 1. The SMILES string of the molecule is CC1CCN(CCCNC(=O)C(Cc2ccccc2)NC(=O)OCc2ccccc2)CC1. The van der Waals surface area contributed by atoms with Gasteiger partial charge in [0.05, 0.1) is 0 Å². The minimum atomic E-state index is -0.684. The Labute approximate surface area is 191 Å². The second-order valence-electron chi connectivity index (χ2n) is 8.62. The van der Waals surface area contributed by atoms with Gasteiger partial charge in [-0.1, -0.05) is 67.6 Å². The van der Waals surface area contributed by atoms with E-state index >= 15 is 0 Å². The lowest BCUT2D eigenvalue weighted by atomic mass is 9.99. The zero-order chi connectivity index (χ0) is 22.6. The fourth-order valence-electron chi connectivity index (χ4n) is 3.89. The van der Waals surface area contributed by atoms with Gasteiger partial charge >= 0.3 is 6.09 Å². The summed E-state index contributed by atoms with van der Waals surface area (Å²) < 4.78 is 5.32. The van der Waals surface area contributed by atoms with Crippen molar-refractivity contribution < 1.29 is 14.3 Å². The van der Waals surface area contributed by atoms with Gasteiger partial charge in [-0.3, -0.25) is 4.79 Å². The van der Waals surface area contributed by atoms with Crippen LogP contribution in [0.1, 0.15) is 37.3 Å². The van der Waals surface area contributed by atoms with Gasteiger partial charge in [-0.25, -0.2) is 4.79 Å². The van der Waals surface area contributed by atoms with Crippen LogP contribution in [0.4, 0.5) is 4.79 Å². The Morgan fingerprint density at radius 2 is 1.62 bits per heavy atom. The van der Waals surface area contributed by atoms with Gasteiger partial charge in [-0.05, 0) is 55.9 Å². The van der Waals surface area contributed by atoms with E-state index in [1.165, 1.54) is 12.8 Å². The molecule has 0 bridgehead atoms. The highest BCUT2D eigenvalue weighted by atomic mass is 16.5. The molecule has 0 spiro atoms. The number of benzene rings is 2. The Bertz CT molecular complexity index is 821. The van der Waals surface area contributed by atoms with Gasteiger partial charge in [0, 0.05) is 13.0 Å².